The van der Waals surface area contributed by atoms with Crippen LogP contribution in [-0.2, 0) is 0 Å². The Morgan fingerprint density at radius 2 is 1.75 bits per heavy atom. The van der Waals surface area contributed by atoms with Crippen LogP contribution >= 0.6 is 11.3 Å². The first kappa shape index (κ1) is 18.8. The second-order valence-corrected chi connectivity index (χ2v) is 8.85. The highest BCUT2D eigenvalue weighted by Gasteiger charge is 2.28. The van der Waals surface area contributed by atoms with E-state index in [-0.39, 0.29) is 5.56 Å². The maximum atomic E-state index is 13.1. The van der Waals surface area contributed by atoms with Crippen LogP contribution in [0.2, 0.25) is 0 Å². The number of anilines is 2. The second-order valence-electron chi connectivity index (χ2n) is 7.82. The smallest absolute Gasteiger partial charge is 0.256 e. The number of pyridine rings is 1. The summed E-state index contributed by atoms with van der Waals surface area (Å²) in [4.78, 5) is 25.7. The van der Waals surface area contributed by atoms with Gasteiger partial charge in [-0.05, 0) is 30.7 Å². The van der Waals surface area contributed by atoms with Gasteiger partial charge >= 0.3 is 0 Å². The first-order valence-corrected chi connectivity index (χ1v) is 11.2. The fourth-order valence-corrected chi connectivity index (χ4v) is 4.94. The van der Waals surface area contributed by atoms with E-state index in [0.717, 1.165) is 43.1 Å². The minimum atomic E-state index is -0.433. The molecule has 3 heterocycles. The van der Waals surface area contributed by atoms with Crippen molar-refractivity contribution in [3.8, 4) is 0 Å². The number of thiazole rings is 1. The molecule has 6 nitrogen and oxygen atoms in total. The normalized spacial score (nSPS) is 15.3. The molecule has 0 aliphatic carbocycles. The zero-order valence-electron chi connectivity index (χ0n) is 17.2. The predicted molar refractivity (Wildman–Crippen MR) is 132 cm³/mol. The van der Waals surface area contributed by atoms with E-state index in [9.17, 15) is 4.79 Å². The van der Waals surface area contributed by atoms with Crippen molar-refractivity contribution in [1.82, 2.24) is 9.97 Å². The Labute approximate surface area is 187 Å². The molecule has 0 unspecified atom stereocenters. The predicted octanol–water partition coefficient (Wildman–Crippen LogP) is 5.43. The van der Waals surface area contributed by atoms with Crippen LogP contribution in [0.4, 0.5) is 10.8 Å². The first-order chi connectivity index (χ1) is 15.7. The van der Waals surface area contributed by atoms with Gasteiger partial charge in [-0.2, -0.15) is 0 Å². The number of benzene rings is 3. The molecular formula is C25H19N5OS. The van der Waals surface area contributed by atoms with Gasteiger partial charge in [-0.25, -0.2) is 9.98 Å². The number of H-pyrrole nitrogens is 1. The van der Waals surface area contributed by atoms with E-state index >= 15 is 0 Å². The van der Waals surface area contributed by atoms with Crippen molar-refractivity contribution in [2.45, 2.75) is 13.0 Å². The number of rotatable bonds is 2. The Kier molecular flexibility index (Phi) is 4.29. The number of hydrogen-bond acceptors (Lipinski definition) is 6. The Bertz CT molecular complexity index is 1530. The van der Waals surface area contributed by atoms with E-state index < -0.39 is 6.04 Å². The summed E-state index contributed by atoms with van der Waals surface area (Å²) in [6, 6.07) is 23.5. The molecule has 3 aromatic carbocycles. The average Bonchev–Trinajstić information content (AvgIpc) is 3.21. The lowest BCUT2D eigenvalue weighted by atomic mass is 9.95. The number of aromatic amines is 1. The molecule has 0 radical (unpaired) electrons. The van der Waals surface area contributed by atoms with Gasteiger partial charge in [-0.1, -0.05) is 71.5 Å². The van der Waals surface area contributed by atoms with Crippen LogP contribution in [0.15, 0.2) is 82.6 Å². The molecule has 7 heteroatoms. The lowest BCUT2D eigenvalue weighted by molar-refractivity contribution is 0.845. The maximum absolute atomic E-state index is 13.1. The molecule has 3 N–H and O–H groups in total. The maximum Gasteiger partial charge on any atom is 0.256 e. The molecule has 2 aromatic heterocycles. The molecule has 1 aliphatic rings. The molecule has 0 amide bonds. The molecular weight excluding hydrogens is 418 g/mol. The summed E-state index contributed by atoms with van der Waals surface area (Å²) in [7, 11) is 0. The minimum absolute atomic E-state index is 0.139. The van der Waals surface area contributed by atoms with Crippen molar-refractivity contribution in [2.75, 3.05) is 10.6 Å². The number of fused-ring (bicyclic) bond motifs is 4. The molecule has 0 spiro atoms. The van der Waals surface area contributed by atoms with Crippen molar-refractivity contribution >= 4 is 49.2 Å². The van der Waals surface area contributed by atoms with Gasteiger partial charge in [0.15, 0.2) is 5.13 Å². The number of guanidine groups is 1. The zero-order chi connectivity index (χ0) is 21.7. The van der Waals surface area contributed by atoms with E-state index in [2.05, 4.69) is 20.6 Å². The number of para-hydroxylation sites is 2. The quantitative estimate of drug-likeness (QED) is 0.344. The van der Waals surface area contributed by atoms with Crippen molar-refractivity contribution in [1.29, 1.82) is 0 Å². The van der Waals surface area contributed by atoms with Crippen molar-refractivity contribution in [3.63, 3.8) is 0 Å². The third kappa shape index (κ3) is 3.14. The highest BCUT2D eigenvalue weighted by molar-refractivity contribution is 7.22. The van der Waals surface area contributed by atoms with Gasteiger partial charge < -0.3 is 15.6 Å². The number of aliphatic imine (C=N–C) groups is 1. The van der Waals surface area contributed by atoms with E-state index in [1.54, 1.807) is 11.3 Å². The monoisotopic (exact) mass is 437 g/mol. The molecule has 1 atom stereocenters. The number of hydrogen-bond donors (Lipinski definition) is 3. The van der Waals surface area contributed by atoms with E-state index in [0.29, 0.717) is 11.5 Å². The van der Waals surface area contributed by atoms with Crippen molar-refractivity contribution in [3.05, 3.63) is 99.8 Å². The van der Waals surface area contributed by atoms with Crippen LogP contribution in [0.3, 0.4) is 0 Å². The van der Waals surface area contributed by atoms with Crippen LogP contribution in [0.25, 0.3) is 21.1 Å². The number of nitrogens with one attached hydrogen (secondary N) is 3. The summed E-state index contributed by atoms with van der Waals surface area (Å²) in [5, 5.41) is 8.40. The van der Waals surface area contributed by atoms with Gasteiger partial charge in [0.25, 0.3) is 5.56 Å². The molecule has 1 aliphatic heterocycles. The van der Waals surface area contributed by atoms with Crippen LogP contribution < -0.4 is 16.2 Å². The summed E-state index contributed by atoms with van der Waals surface area (Å²) in [6.07, 6.45) is 0. The summed E-state index contributed by atoms with van der Waals surface area (Å²) < 4.78 is 1.10. The highest BCUT2D eigenvalue weighted by Crippen LogP contribution is 2.37. The molecule has 156 valence electrons. The van der Waals surface area contributed by atoms with E-state index in [1.165, 1.54) is 0 Å². The molecule has 5 aromatic rings. The van der Waals surface area contributed by atoms with Crippen LogP contribution in [0.1, 0.15) is 22.7 Å². The van der Waals surface area contributed by atoms with Crippen LogP contribution in [0.5, 0.6) is 0 Å². The van der Waals surface area contributed by atoms with E-state index in [4.69, 9.17) is 4.99 Å². The van der Waals surface area contributed by atoms with Gasteiger partial charge in [0.2, 0.25) is 5.96 Å². The average molecular weight is 438 g/mol. The van der Waals surface area contributed by atoms with E-state index in [1.807, 2.05) is 79.7 Å². The topological polar surface area (TPSA) is 82.2 Å². The second kappa shape index (κ2) is 7.32. The fourth-order valence-electron chi connectivity index (χ4n) is 4.08. The molecule has 0 fully saturated rings. The van der Waals surface area contributed by atoms with Gasteiger partial charge in [0, 0.05) is 5.39 Å². The summed E-state index contributed by atoms with van der Waals surface area (Å²) in [6.45, 7) is 2.05. The lowest BCUT2D eigenvalue weighted by Crippen LogP contribution is -2.32. The van der Waals surface area contributed by atoms with Gasteiger partial charge in [0.05, 0.1) is 27.0 Å². The summed E-state index contributed by atoms with van der Waals surface area (Å²) in [5.41, 5.74) is 5.09. The van der Waals surface area contributed by atoms with Gasteiger partial charge in [-0.15, -0.1) is 0 Å². The number of nitrogens with zero attached hydrogens (tertiary/aromatic N) is 2. The van der Waals surface area contributed by atoms with Gasteiger partial charge in [0.1, 0.15) is 6.04 Å². The molecule has 0 bridgehead atoms. The van der Waals surface area contributed by atoms with Crippen molar-refractivity contribution < 1.29 is 0 Å². The number of aryl methyl sites for hydroxylation is 1. The van der Waals surface area contributed by atoms with Crippen molar-refractivity contribution in [2.24, 2.45) is 4.99 Å². The SMILES string of the molecule is Cc1ccc([C@@H]2N=C(Nc3nc4ccccc4s3)Nc3c2c(=O)[nH]c2ccccc32)cc1. The molecule has 32 heavy (non-hydrogen) atoms. The fraction of sp³-hybridized carbons (Fsp3) is 0.0800. The lowest BCUT2D eigenvalue weighted by Gasteiger charge is -2.26. The number of aromatic nitrogens is 2. The third-order valence-corrected chi connectivity index (χ3v) is 6.60. The molecule has 0 saturated heterocycles. The van der Waals surface area contributed by atoms with Gasteiger partial charge in [-0.3, -0.25) is 4.79 Å². The Hall–Kier alpha value is -3.97. The Morgan fingerprint density at radius 1 is 0.969 bits per heavy atom. The Balaban J connectivity index is 1.51. The van der Waals surface area contributed by atoms with Crippen LogP contribution in [0, 0.1) is 6.92 Å². The standard InChI is InChI=1S/C25H19N5OS/c1-14-10-12-15(13-11-14)21-20-22(16-6-2-3-7-17(16)26-23(20)31)29-24(28-21)30-25-27-18-8-4-5-9-19(18)32-25/h2-13,21H,1H3,(H,26,31)(H2,27,28,29,30)/t21-/m0/s1. The third-order valence-electron chi connectivity index (χ3n) is 5.65. The van der Waals surface area contributed by atoms with Crippen LogP contribution in [-0.4, -0.2) is 15.9 Å². The summed E-state index contributed by atoms with van der Waals surface area (Å²) in [5.74, 6) is 0.567. The first-order valence-electron chi connectivity index (χ1n) is 10.3. The molecule has 0 saturated carbocycles. The minimum Gasteiger partial charge on any atom is -0.325 e. The summed E-state index contributed by atoms with van der Waals surface area (Å²) >= 11 is 1.57. The highest BCUT2D eigenvalue weighted by atomic mass is 32.1. The zero-order valence-corrected chi connectivity index (χ0v) is 18.0. The largest absolute Gasteiger partial charge is 0.325 e. The Morgan fingerprint density at radius 3 is 2.59 bits per heavy atom. The molecule has 6 rings (SSSR count).